The number of piperazine rings is 1. The average Bonchev–Trinajstić information content (AvgIpc) is 3.39. The molecule has 1 aliphatic carbocycles. The molecule has 0 spiro atoms. The molecule has 0 bridgehead atoms. The number of rotatable bonds is 4. The topological polar surface area (TPSA) is 97.4 Å². The standard InChI is InChI=1S/C19H23N3O6/c1-2-26-18(25)22-9-7-21(8-10-22)17(24)19(5-6-19)16(23)20-13-3-4-14-15(11-13)28-12-27-14/h3-4,11H,2,5-10,12H2,1H3,(H,20,23). The second kappa shape index (κ2) is 7.21. The number of anilines is 1. The molecule has 9 heteroatoms. The molecule has 2 aliphatic heterocycles. The van der Waals surface area contributed by atoms with Crippen LogP contribution in [0.15, 0.2) is 18.2 Å². The Bertz CT molecular complexity index is 799. The predicted octanol–water partition coefficient (Wildman–Crippen LogP) is 1.43. The number of carbonyl (C=O) groups excluding carboxylic acids is 3. The normalized spacial score (nSPS) is 19.2. The molecule has 150 valence electrons. The first-order valence-electron chi connectivity index (χ1n) is 9.46. The minimum atomic E-state index is -1.01. The summed E-state index contributed by atoms with van der Waals surface area (Å²) in [6.45, 7) is 3.85. The highest BCUT2D eigenvalue weighted by molar-refractivity contribution is 6.13. The van der Waals surface area contributed by atoms with Crippen LogP contribution >= 0.6 is 0 Å². The van der Waals surface area contributed by atoms with Crippen molar-refractivity contribution in [3.63, 3.8) is 0 Å². The predicted molar refractivity (Wildman–Crippen MR) is 98.0 cm³/mol. The summed E-state index contributed by atoms with van der Waals surface area (Å²) in [4.78, 5) is 40.9. The summed E-state index contributed by atoms with van der Waals surface area (Å²) in [6, 6.07) is 5.15. The fourth-order valence-corrected chi connectivity index (χ4v) is 3.50. The lowest BCUT2D eigenvalue weighted by atomic mass is 10.0. The minimum absolute atomic E-state index is 0.160. The van der Waals surface area contributed by atoms with E-state index in [-0.39, 0.29) is 24.7 Å². The molecule has 0 atom stereocenters. The lowest BCUT2D eigenvalue weighted by Crippen LogP contribution is -2.53. The molecule has 2 fully saturated rings. The molecule has 28 heavy (non-hydrogen) atoms. The third-order valence-corrected chi connectivity index (χ3v) is 5.32. The van der Waals surface area contributed by atoms with Crippen molar-refractivity contribution in [3.8, 4) is 11.5 Å². The van der Waals surface area contributed by atoms with Gasteiger partial charge in [0, 0.05) is 37.9 Å². The van der Waals surface area contributed by atoms with Gasteiger partial charge in [0.1, 0.15) is 5.41 Å². The van der Waals surface area contributed by atoms with Gasteiger partial charge in [-0.3, -0.25) is 9.59 Å². The van der Waals surface area contributed by atoms with Crippen molar-refractivity contribution in [2.75, 3.05) is 44.9 Å². The molecule has 3 aliphatic rings. The number of nitrogens with zero attached hydrogens (tertiary/aromatic N) is 2. The lowest BCUT2D eigenvalue weighted by Gasteiger charge is -2.35. The van der Waals surface area contributed by atoms with Gasteiger partial charge >= 0.3 is 6.09 Å². The van der Waals surface area contributed by atoms with E-state index in [0.717, 1.165) is 0 Å². The Morgan fingerprint density at radius 2 is 1.75 bits per heavy atom. The number of hydrogen-bond acceptors (Lipinski definition) is 6. The second-order valence-electron chi connectivity index (χ2n) is 7.08. The molecular formula is C19H23N3O6. The number of ether oxygens (including phenoxy) is 3. The van der Waals surface area contributed by atoms with Crippen molar-refractivity contribution in [2.45, 2.75) is 19.8 Å². The minimum Gasteiger partial charge on any atom is -0.454 e. The van der Waals surface area contributed by atoms with Gasteiger partial charge in [0.2, 0.25) is 18.6 Å². The first kappa shape index (κ1) is 18.4. The van der Waals surface area contributed by atoms with E-state index in [1.807, 2.05) is 0 Å². The van der Waals surface area contributed by atoms with Gasteiger partial charge in [-0.2, -0.15) is 0 Å². The van der Waals surface area contributed by atoms with Crippen LogP contribution in [0.4, 0.5) is 10.5 Å². The molecule has 9 nitrogen and oxygen atoms in total. The van der Waals surface area contributed by atoms with Gasteiger partial charge in [-0.15, -0.1) is 0 Å². The zero-order chi connectivity index (χ0) is 19.7. The molecule has 0 unspecified atom stereocenters. The molecule has 1 N–H and O–H groups in total. The zero-order valence-electron chi connectivity index (χ0n) is 15.7. The van der Waals surface area contributed by atoms with Crippen molar-refractivity contribution in [1.29, 1.82) is 0 Å². The van der Waals surface area contributed by atoms with E-state index in [1.165, 1.54) is 0 Å². The molecule has 3 amide bonds. The SMILES string of the molecule is CCOC(=O)N1CCN(C(=O)C2(C(=O)Nc3ccc4c(c3)OCO4)CC2)CC1. The third-order valence-electron chi connectivity index (χ3n) is 5.32. The van der Waals surface area contributed by atoms with Crippen molar-refractivity contribution >= 4 is 23.6 Å². The maximum atomic E-state index is 13.0. The van der Waals surface area contributed by atoms with Crippen LogP contribution in [0.1, 0.15) is 19.8 Å². The van der Waals surface area contributed by atoms with Gasteiger partial charge < -0.3 is 29.3 Å². The quantitative estimate of drug-likeness (QED) is 0.783. The molecule has 0 radical (unpaired) electrons. The van der Waals surface area contributed by atoms with Crippen molar-refractivity contribution < 1.29 is 28.6 Å². The number of nitrogens with one attached hydrogen (secondary N) is 1. The first-order chi connectivity index (χ1) is 13.5. The van der Waals surface area contributed by atoms with Crippen LogP contribution in [0.5, 0.6) is 11.5 Å². The molecular weight excluding hydrogens is 366 g/mol. The summed E-state index contributed by atoms with van der Waals surface area (Å²) in [6.07, 6.45) is 0.692. The van der Waals surface area contributed by atoms with Gasteiger partial charge in [-0.25, -0.2) is 4.79 Å². The van der Waals surface area contributed by atoms with Gasteiger partial charge in [-0.1, -0.05) is 0 Å². The van der Waals surface area contributed by atoms with Gasteiger partial charge in [0.15, 0.2) is 11.5 Å². The van der Waals surface area contributed by atoms with E-state index in [1.54, 1.807) is 34.9 Å². The number of amides is 3. The van der Waals surface area contributed by atoms with Crippen LogP contribution in [-0.2, 0) is 14.3 Å². The Hall–Kier alpha value is -2.97. The smallest absolute Gasteiger partial charge is 0.409 e. The Kier molecular flexibility index (Phi) is 4.74. The summed E-state index contributed by atoms with van der Waals surface area (Å²) in [7, 11) is 0. The zero-order valence-corrected chi connectivity index (χ0v) is 15.7. The lowest BCUT2D eigenvalue weighted by molar-refractivity contribution is -0.143. The molecule has 0 aromatic heterocycles. The van der Waals surface area contributed by atoms with E-state index in [9.17, 15) is 14.4 Å². The molecule has 1 saturated heterocycles. The van der Waals surface area contributed by atoms with Crippen LogP contribution in [0.3, 0.4) is 0 Å². The second-order valence-corrected chi connectivity index (χ2v) is 7.08. The molecule has 1 aromatic rings. The monoisotopic (exact) mass is 389 g/mol. The van der Waals surface area contributed by atoms with Crippen LogP contribution in [0, 0.1) is 5.41 Å². The summed E-state index contributed by atoms with van der Waals surface area (Å²) < 4.78 is 15.6. The maximum absolute atomic E-state index is 13.0. The Morgan fingerprint density at radius 1 is 1.07 bits per heavy atom. The van der Waals surface area contributed by atoms with E-state index in [4.69, 9.17) is 14.2 Å². The molecule has 1 aromatic carbocycles. The van der Waals surface area contributed by atoms with Crippen LogP contribution in [0.25, 0.3) is 0 Å². The van der Waals surface area contributed by atoms with Crippen LogP contribution in [-0.4, -0.2) is 67.3 Å². The number of hydrogen-bond donors (Lipinski definition) is 1. The number of carbonyl (C=O) groups is 3. The highest BCUT2D eigenvalue weighted by atomic mass is 16.7. The third kappa shape index (κ3) is 3.32. The van der Waals surface area contributed by atoms with Crippen molar-refractivity contribution in [2.24, 2.45) is 5.41 Å². The van der Waals surface area contributed by atoms with Crippen LogP contribution in [0.2, 0.25) is 0 Å². The number of benzene rings is 1. The van der Waals surface area contributed by atoms with Gasteiger partial charge in [0.25, 0.3) is 0 Å². The first-order valence-corrected chi connectivity index (χ1v) is 9.46. The van der Waals surface area contributed by atoms with Crippen molar-refractivity contribution in [1.82, 2.24) is 9.80 Å². The molecule has 4 rings (SSSR count). The highest BCUT2D eigenvalue weighted by Crippen LogP contribution is 2.48. The van der Waals surface area contributed by atoms with Crippen molar-refractivity contribution in [3.05, 3.63) is 18.2 Å². The largest absolute Gasteiger partial charge is 0.454 e. The fourth-order valence-electron chi connectivity index (χ4n) is 3.50. The Morgan fingerprint density at radius 3 is 2.43 bits per heavy atom. The van der Waals surface area contributed by atoms with E-state index in [2.05, 4.69) is 5.32 Å². The van der Waals surface area contributed by atoms with E-state index >= 15 is 0 Å². The summed E-state index contributed by atoms with van der Waals surface area (Å²) in [5.41, 5.74) is -0.442. The van der Waals surface area contributed by atoms with Gasteiger partial charge in [0.05, 0.1) is 6.61 Å². The summed E-state index contributed by atoms with van der Waals surface area (Å²) >= 11 is 0. The Balaban J connectivity index is 1.36. The van der Waals surface area contributed by atoms with E-state index in [0.29, 0.717) is 62.8 Å². The summed E-state index contributed by atoms with van der Waals surface area (Å²) in [5, 5.41) is 2.83. The van der Waals surface area contributed by atoms with Gasteiger partial charge in [-0.05, 0) is 31.9 Å². The van der Waals surface area contributed by atoms with E-state index < -0.39 is 5.41 Å². The Labute approximate surface area is 162 Å². The van der Waals surface area contributed by atoms with Crippen LogP contribution < -0.4 is 14.8 Å². The highest BCUT2D eigenvalue weighted by Gasteiger charge is 2.58. The molecule has 1 saturated carbocycles. The fraction of sp³-hybridized carbons (Fsp3) is 0.526. The average molecular weight is 389 g/mol. The number of fused-ring (bicyclic) bond motifs is 1. The summed E-state index contributed by atoms with van der Waals surface area (Å²) in [5.74, 6) is 0.734. The maximum Gasteiger partial charge on any atom is 0.409 e. The molecule has 2 heterocycles.